The van der Waals surface area contributed by atoms with Crippen molar-refractivity contribution in [2.75, 3.05) is 32.0 Å². The van der Waals surface area contributed by atoms with Gasteiger partial charge >= 0.3 is 0 Å². The van der Waals surface area contributed by atoms with Crippen molar-refractivity contribution in [3.05, 3.63) is 52.4 Å². The van der Waals surface area contributed by atoms with Crippen molar-refractivity contribution >= 4 is 33.3 Å². The molecule has 6 nitrogen and oxygen atoms in total. The molecule has 1 fully saturated rings. The first-order valence-electron chi connectivity index (χ1n) is 10.7. The summed E-state index contributed by atoms with van der Waals surface area (Å²) in [6.45, 7) is 4.28. The van der Waals surface area contributed by atoms with Crippen LogP contribution in [0.3, 0.4) is 0 Å². The number of benzene rings is 1. The molecule has 0 saturated carbocycles. The fourth-order valence-electron chi connectivity index (χ4n) is 4.22. The Labute approximate surface area is 185 Å². The molecule has 0 spiro atoms. The maximum atomic E-state index is 13.8. The van der Waals surface area contributed by atoms with E-state index in [1.54, 1.807) is 12.1 Å². The maximum Gasteiger partial charge on any atom is 0.261 e. The molecule has 164 valence electrons. The Hall–Kier alpha value is -2.58. The molecular weight excluding hydrogens is 413 g/mol. The van der Waals surface area contributed by atoms with Crippen LogP contribution in [-0.4, -0.2) is 53.5 Å². The quantitative estimate of drug-likeness (QED) is 0.553. The summed E-state index contributed by atoms with van der Waals surface area (Å²) in [4.78, 5) is 25.4. The second-order valence-corrected chi connectivity index (χ2v) is 9.05. The fraction of sp³-hybridized carbons (Fsp3) is 0.435. The molecule has 1 atom stereocenters. The highest BCUT2D eigenvalue weighted by Gasteiger charge is 2.22. The number of aromatic nitrogens is 2. The van der Waals surface area contributed by atoms with Crippen molar-refractivity contribution in [3.8, 4) is 0 Å². The van der Waals surface area contributed by atoms with Gasteiger partial charge in [0.15, 0.2) is 0 Å². The van der Waals surface area contributed by atoms with Gasteiger partial charge in [-0.2, -0.15) is 0 Å². The third kappa shape index (κ3) is 4.85. The van der Waals surface area contributed by atoms with Gasteiger partial charge in [-0.3, -0.25) is 4.79 Å². The monoisotopic (exact) mass is 441 g/mol. The summed E-state index contributed by atoms with van der Waals surface area (Å²) in [5.74, 6) is 0.423. The van der Waals surface area contributed by atoms with E-state index in [9.17, 15) is 9.18 Å². The molecule has 1 aliphatic heterocycles. The summed E-state index contributed by atoms with van der Waals surface area (Å²) in [5, 5.41) is 7.23. The molecule has 1 amide bonds. The van der Waals surface area contributed by atoms with Crippen molar-refractivity contribution < 1.29 is 9.18 Å². The molecule has 0 unspecified atom stereocenters. The van der Waals surface area contributed by atoms with Crippen LogP contribution in [0.2, 0.25) is 0 Å². The molecule has 1 aromatic carbocycles. The number of aryl methyl sites for hydroxylation is 1. The lowest BCUT2D eigenvalue weighted by atomic mass is 10.1. The number of hydrogen-bond acceptors (Lipinski definition) is 6. The number of likely N-dealkylation sites (tertiary alicyclic amines) is 1. The average Bonchev–Trinajstić information content (AvgIpc) is 3.33. The van der Waals surface area contributed by atoms with Gasteiger partial charge in [-0.1, -0.05) is 18.2 Å². The SMILES string of the molecule is Cc1c(C(=O)NCC[C@H]2CCCN2C)sc2ncnc(NCCc3ccccc3F)c12. The molecule has 8 heteroatoms. The molecule has 2 N–H and O–H groups in total. The fourth-order valence-corrected chi connectivity index (χ4v) is 5.28. The first-order valence-corrected chi connectivity index (χ1v) is 11.6. The van der Waals surface area contributed by atoms with Crippen LogP contribution in [0.25, 0.3) is 10.2 Å². The zero-order valence-corrected chi connectivity index (χ0v) is 18.8. The Morgan fingerprint density at radius 3 is 2.90 bits per heavy atom. The van der Waals surface area contributed by atoms with Crippen LogP contribution in [0.5, 0.6) is 0 Å². The van der Waals surface area contributed by atoms with Crippen molar-refractivity contribution in [2.24, 2.45) is 0 Å². The predicted octanol–water partition coefficient (Wildman–Crippen LogP) is 4.01. The predicted molar refractivity (Wildman–Crippen MR) is 123 cm³/mol. The number of nitrogens with zero attached hydrogens (tertiary/aromatic N) is 3. The second-order valence-electron chi connectivity index (χ2n) is 8.05. The smallest absolute Gasteiger partial charge is 0.261 e. The summed E-state index contributed by atoms with van der Waals surface area (Å²) in [6.07, 6.45) is 5.45. The van der Waals surface area contributed by atoms with Gasteiger partial charge in [-0.05, 0) is 63.4 Å². The van der Waals surface area contributed by atoms with E-state index in [-0.39, 0.29) is 11.7 Å². The van der Waals surface area contributed by atoms with Crippen LogP contribution in [0.1, 0.15) is 40.1 Å². The maximum absolute atomic E-state index is 13.8. The van der Waals surface area contributed by atoms with Gasteiger partial charge in [0.05, 0.1) is 10.3 Å². The second kappa shape index (κ2) is 9.70. The molecule has 3 heterocycles. The first-order chi connectivity index (χ1) is 15.0. The van der Waals surface area contributed by atoms with E-state index in [1.165, 1.54) is 36.6 Å². The summed E-state index contributed by atoms with van der Waals surface area (Å²) in [6, 6.07) is 7.33. The van der Waals surface area contributed by atoms with Gasteiger partial charge in [-0.25, -0.2) is 14.4 Å². The molecule has 2 aromatic heterocycles. The summed E-state index contributed by atoms with van der Waals surface area (Å²) >= 11 is 1.39. The van der Waals surface area contributed by atoms with Crippen molar-refractivity contribution in [1.29, 1.82) is 0 Å². The largest absolute Gasteiger partial charge is 0.369 e. The highest BCUT2D eigenvalue weighted by atomic mass is 32.1. The number of carbonyl (C=O) groups excluding carboxylic acids is 1. The lowest BCUT2D eigenvalue weighted by Crippen LogP contribution is -2.31. The van der Waals surface area contributed by atoms with Gasteiger partial charge in [0, 0.05) is 19.1 Å². The van der Waals surface area contributed by atoms with Crippen LogP contribution >= 0.6 is 11.3 Å². The zero-order chi connectivity index (χ0) is 21.8. The number of carbonyl (C=O) groups is 1. The molecule has 3 aromatic rings. The molecule has 0 aliphatic carbocycles. The summed E-state index contributed by atoms with van der Waals surface area (Å²) in [5.41, 5.74) is 1.54. The molecule has 1 aliphatic rings. The molecule has 0 bridgehead atoms. The molecule has 1 saturated heterocycles. The van der Waals surface area contributed by atoms with Crippen molar-refractivity contribution in [2.45, 2.75) is 38.6 Å². The Morgan fingerprint density at radius 2 is 2.13 bits per heavy atom. The van der Waals surface area contributed by atoms with E-state index in [2.05, 4.69) is 32.5 Å². The van der Waals surface area contributed by atoms with E-state index in [4.69, 9.17) is 0 Å². The Morgan fingerprint density at radius 1 is 1.29 bits per heavy atom. The Kier molecular flexibility index (Phi) is 6.77. The van der Waals surface area contributed by atoms with Crippen LogP contribution < -0.4 is 10.6 Å². The van der Waals surface area contributed by atoms with E-state index in [0.717, 1.165) is 28.7 Å². The number of fused-ring (bicyclic) bond motifs is 1. The van der Waals surface area contributed by atoms with E-state index < -0.39 is 0 Å². The van der Waals surface area contributed by atoms with Crippen LogP contribution in [0.15, 0.2) is 30.6 Å². The number of thiophene rings is 1. The number of nitrogens with one attached hydrogen (secondary N) is 2. The number of halogens is 1. The number of amides is 1. The summed E-state index contributed by atoms with van der Waals surface area (Å²) in [7, 11) is 2.15. The van der Waals surface area contributed by atoms with Crippen molar-refractivity contribution in [1.82, 2.24) is 20.2 Å². The van der Waals surface area contributed by atoms with Crippen LogP contribution in [0, 0.1) is 12.7 Å². The standard InChI is InChI=1S/C23H28FN5OS/c1-15-19-21(25-11-9-16-6-3-4-8-18(16)24)27-14-28-23(19)31-20(15)22(30)26-12-10-17-7-5-13-29(17)2/h3-4,6,8,14,17H,5,7,9-13H2,1-2H3,(H,26,30)(H,25,27,28)/t17-/m1/s1. The molecule has 0 radical (unpaired) electrons. The highest BCUT2D eigenvalue weighted by Crippen LogP contribution is 2.33. The first kappa shape index (κ1) is 21.6. The molecule has 4 rings (SSSR count). The molecular formula is C23H28FN5OS. The van der Waals surface area contributed by atoms with Gasteiger partial charge in [0.25, 0.3) is 5.91 Å². The number of rotatable bonds is 8. The Bertz CT molecular complexity index is 1070. The molecule has 31 heavy (non-hydrogen) atoms. The van der Waals surface area contributed by atoms with E-state index in [1.807, 2.05) is 13.0 Å². The highest BCUT2D eigenvalue weighted by molar-refractivity contribution is 7.20. The minimum Gasteiger partial charge on any atom is -0.369 e. The lowest BCUT2D eigenvalue weighted by Gasteiger charge is -2.19. The van der Waals surface area contributed by atoms with Gasteiger partial charge < -0.3 is 15.5 Å². The van der Waals surface area contributed by atoms with Gasteiger partial charge in [0.1, 0.15) is 22.8 Å². The third-order valence-electron chi connectivity index (χ3n) is 6.01. The van der Waals surface area contributed by atoms with E-state index >= 15 is 0 Å². The Balaban J connectivity index is 1.42. The normalized spacial score (nSPS) is 16.7. The van der Waals surface area contributed by atoms with Crippen LogP contribution in [-0.2, 0) is 6.42 Å². The summed E-state index contributed by atoms with van der Waals surface area (Å²) < 4.78 is 13.8. The third-order valence-corrected chi connectivity index (χ3v) is 7.21. The van der Waals surface area contributed by atoms with Gasteiger partial charge in [-0.15, -0.1) is 11.3 Å². The topological polar surface area (TPSA) is 70.2 Å². The lowest BCUT2D eigenvalue weighted by molar-refractivity contribution is 0.0954. The average molecular weight is 442 g/mol. The zero-order valence-electron chi connectivity index (χ0n) is 17.9. The van der Waals surface area contributed by atoms with Crippen molar-refractivity contribution in [3.63, 3.8) is 0 Å². The van der Waals surface area contributed by atoms with Gasteiger partial charge in [0.2, 0.25) is 0 Å². The number of hydrogen-bond donors (Lipinski definition) is 2. The number of anilines is 1. The van der Waals surface area contributed by atoms with E-state index in [0.29, 0.717) is 41.8 Å². The minimum absolute atomic E-state index is 0.0570. The van der Waals surface area contributed by atoms with Crippen LogP contribution in [0.4, 0.5) is 10.2 Å². The minimum atomic E-state index is -0.202.